The van der Waals surface area contributed by atoms with Crippen molar-refractivity contribution in [2.24, 2.45) is 11.8 Å². The molecule has 0 aromatic heterocycles. The standard InChI is InChI=1S/C17H20N2O4S/c1-10-11(16(21)19-5-7-24-8-6-19)3-2-4-14(10)18-15(20)12-9-13(12)17(22)23/h2-4,12-13H,5-9H2,1H3,(H,18,20)(H,22,23). The Hall–Kier alpha value is -2.02. The quantitative estimate of drug-likeness (QED) is 0.867. The van der Waals surface area contributed by atoms with E-state index in [0.717, 1.165) is 30.2 Å². The van der Waals surface area contributed by atoms with Crippen LogP contribution in [0, 0.1) is 18.8 Å². The van der Waals surface area contributed by atoms with Crippen molar-refractivity contribution in [2.75, 3.05) is 29.9 Å². The molecule has 0 radical (unpaired) electrons. The van der Waals surface area contributed by atoms with Gasteiger partial charge in [-0.3, -0.25) is 14.4 Å². The molecule has 1 aromatic rings. The van der Waals surface area contributed by atoms with Crippen molar-refractivity contribution < 1.29 is 19.5 Å². The number of carbonyl (C=O) groups excluding carboxylic acids is 2. The van der Waals surface area contributed by atoms with Gasteiger partial charge in [0.05, 0.1) is 11.8 Å². The first-order valence-corrected chi connectivity index (χ1v) is 9.15. The summed E-state index contributed by atoms with van der Waals surface area (Å²) in [5.41, 5.74) is 1.89. The van der Waals surface area contributed by atoms with Gasteiger partial charge in [-0.25, -0.2) is 0 Å². The molecule has 1 aromatic carbocycles. The smallest absolute Gasteiger partial charge is 0.307 e. The van der Waals surface area contributed by atoms with Gasteiger partial charge in [0.1, 0.15) is 0 Å². The minimum atomic E-state index is -0.932. The summed E-state index contributed by atoms with van der Waals surface area (Å²) in [5.74, 6) is -0.401. The van der Waals surface area contributed by atoms with Crippen molar-refractivity contribution in [3.63, 3.8) is 0 Å². The summed E-state index contributed by atoms with van der Waals surface area (Å²) in [4.78, 5) is 37.5. The van der Waals surface area contributed by atoms with Crippen LogP contribution in [0.15, 0.2) is 18.2 Å². The van der Waals surface area contributed by atoms with Crippen LogP contribution < -0.4 is 5.32 Å². The normalized spacial score (nSPS) is 22.8. The van der Waals surface area contributed by atoms with Gasteiger partial charge in [0, 0.05) is 35.8 Å². The Morgan fingerprint density at radius 1 is 1.21 bits per heavy atom. The number of thioether (sulfide) groups is 1. The first-order valence-electron chi connectivity index (χ1n) is 7.99. The zero-order chi connectivity index (χ0) is 17.3. The molecule has 6 nitrogen and oxygen atoms in total. The third-order valence-corrected chi connectivity index (χ3v) is 5.51. The predicted octanol–water partition coefficient (Wildman–Crippen LogP) is 1.84. The monoisotopic (exact) mass is 348 g/mol. The third kappa shape index (κ3) is 3.40. The fourth-order valence-electron chi connectivity index (χ4n) is 2.92. The van der Waals surface area contributed by atoms with Crippen LogP contribution in [-0.2, 0) is 9.59 Å². The molecule has 0 spiro atoms. The molecule has 7 heteroatoms. The molecule has 1 heterocycles. The van der Waals surface area contributed by atoms with Crippen LogP contribution in [0.3, 0.4) is 0 Å². The van der Waals surface area contributed by atoms with Crippen molar-refractivity contribution in [2.45, 2.75) is 13.3 Å². The molecule has 1 aliphatic carbocycles. The molecular formula is C17H20N2O4S. The SMILES string of the molecule is Cc1c(NC(=O)C2CC2C(=O)O)cccc1C(=O)N1CCSCC1. The van der Waals surface area contributed by atoms with Crippen LogP contribution in [-0.4, -0.2) is 52.4 Å². The number of nitrogens with zero attached hydrogens (tertiary/aromatic N) is 1. The Bertz CT molecular complexity index is 685. The zero-order valence-electron chi connectivity index (χ0n) is 13.4. The lowest BCUT2D eigenvalue weighted by Crippen LogP contribution is -2.38. The minimum Gasteiger partial charge on any atom is -0.481 e. The summed E-state index contributed by atoms with van der Waals surface area (Å²) in [6.07, 6.45) is 0.379. The number of rotatable bonds is 4. The largest absolute Gasteiger partial charge is 0.481 e. The molecule has 24 heavy (non-hydrogen) atoms. The summed E-state index contributed by atoms with van der Waals surface area (Å²) in [6.45, 7) is 3.28. The number of anilines is 1. The van der Waals surface area contributed by atoms with E-state index in [9.17, 15) is 14.4 Å². The summed E-state index contributed by atoms with van der Waals surface area (Å²) in [5, 5.41) is 11.7. The van der Waals surface area contributed by atoms with Crippen molar-refractivity contribution in [3.8, 4) is 0 Å². The number of hydrogen-bond acceptors (Lipinski definition) is 4. The summed E-state index contributed by atoms with van der Waals surface area (Å²) in [7, 11) is 0. The van der Waals surface area contributed by atoms with Gasteiger partial charge in [-0.15, -0.1) is 0 Å². The average Bonchev–Trinajstić information content (AvgIpc) is 3.38. The number of amides is 2. The highest BCUT2D eigenvalue weighted by atomic mass is 32.2. The summed E-state index contributed by atoms with van der Waals surface area (Å²) < 4.78 is 0. The van der Waals surface area contributed by atoms with Gasteiger partial charge in [-0.1, -0.05) is 6.07 Å². The second-order valence-electron chi connectivity index (χ2n) is 6.16. The topological polar surface area (TPSA) is 86.7 Å². The molecule has 0 bridgehead atoms. The molecule has 2 N–H and O–H groups in total. The molecule has 1 aliphatic heterocycles. The van der Waals surface area contributed by atoms with Crippen LogP contribution >= 0.6 is 11.8 Å². The lowest BCUT2D eigenvalue weighted by atomic mass is 10.0. The van der Waals surface area contributed by atoms with Crippen molar-refractivity contribution in [1.82, 2.24) is 4.90 Å². The van der Waals surface area contributed by atoms with Crippen LogP contribution in [0.5, 0.6) is 0 Å². The maximum absolute atomic E-state index is 12.7. The average molecular weight is 348 g/mol. The molecule has 2 fully saturated rings. The fraction of sp³-hybridized carbons (Fsp3) is 0.471. The molecule has 2 aliphatic rings. The van der Waals surface area contributed by atoms with E-state index in [1.807, 2.05) is 23.6 Å². The van der Waals surface area contributed by atoms with Gasteiger partial charge in [-0.05, 0) is 31.0 Å². The first kappa shape index (κ1) is 16.8. The molecule has 2 amide bonds. The molecule has 3 rings (SSSR count). The van der Waals surface area contributed by atoms with Gasteiger partial charge < -0.3 is 15.3 Å². The Morgan fingerprint density at radius 2 is 1.92 bits per heavy atom. The van der Waals surface area contributed by atoms with E-state index in [0.29, 0.717) is 17.7 Å². The Kier molecular flexibility index (Phi) is 4.80. The summed E-state index contributed by atoms with van der Waals surface area (Å²) in [6, 6.07) is 5.26. The number of benzene rings is 1. The van der Waals surface area contributed by atoms with Crippen LogP contribution in [0.4, 0.5) is 5.69 Å². The highest BCUT2D eigenvalue weighted by Crippen LogP contribution is 2.39. The van der Waals surface area contributed by atoms with Gasteiger partial charge in [0.2, 0.25) is 5.91 Å². The van der Waals surface area contributed by atoms with E-state index in [-0.39, 0.29) is 11.8 Å². The van der Waals surface area contributed by atoms with E-state index < -0.39 is 17.8 Å². The van der Waals surface area contributed by atoms with E-state index in [1.54, 1.807) is 18.2 Å². The second kappa shape index (κ2) is 6.84. The number of carbonyl (C=O) groups is 3. The minimum absolute atomic E-state index is 0.0151. The maximum atomic E-state index is 12.7. The lowest BCUT2D eigenvalue weighted by Gasteiger charge is -2.27. The van der Waals surface area contributed by atoms with Gasteiger partial charge in [-0.2, -0.15) is 11.8 Å². The van der Waals surface area contributed by atoms with Crippen molar-refractivity contribution in [1.29, 1.82) is 0 Å². The van der Waals surface area contributed by atoms with E-state index in [4.69, 9.17) is 5.11 Å². The molecule has 128 valence electrons. The first-order chi connectivity index (χ1) is 11.5. The number of carboxylic acid groups (broad SMARTS) is 1. The number of aliphatic carboxylic acids is 1. The predicted molar refractivity (Wildman–Crippen MR) is 92.3 cm³/mol. The Morgan fingerprint density at radius 3 is 2.54 bits per heavy atom. The number of carboxylic acids is 1. The Labute approximate surface area is 144 Å². The maximum Gasteiger partial charge on any atom is 0.307 e. The summed E-state index contributed by atoms with van der Waals surface area (Å²) >= 11 is 1.84. The van der Waals surface area contributed by atoms with Crippen LogP contribution in [0.25, 0.3) is 0 Å². The van der Waals surface area contributed by atoms with Crippen molar-refractivity contribution >= 4 is 35.2 Å². The number of hydrogen-bond donors (Lipinski definition) is 2. The molecule has 1 saturated heterocycles. The number of nitrogens with one attached hydrogen (secondary N) is 1. The van der Waals surface area contributed by atoms with E-state index >= 15 is 0 Å². The van der Waals surface area contributed by atoms with E-state index in [1.165, 1.54) is 0 Å². The third-order valence-electron chi connectivity index (χ3n) is 4.56. The van der Waals surface area contributed by atoms with Crippen LogP contribution in [0.2, 0.25) is 0 Å². The lowest BCUT2D eigenvalue weighted by molar-refractivity contribution is -0.139. The van der Waals surface area contributed by atoms with Gasteiger partial charge >= 0.3 is 5.97 Å². The Balaban J connectivity index is 1.72. The van der Waals surface area contributed by atoms with E-state index in [2.05, 4.69) is 5.32 Å². The van der Waals surface area contributed by atoms with Crippen LogP contribution in [0.1, 0.15) is 22.3 Å². The second-order valence-corrected chi connectivity index (χ2v) is 7.38. The highest BCUT2D eigenvalue weighted by molar-refractivity contribution is 7.99. The highest BCUT2D eigenvalue weighted by Gasteiger charge is 2.48. The van der Waals surface area contributed by atoms with Crippen molar-refractivity contribution in [3.05, 3.63) is 29.3 Å². The molecule has 2 unspecified atom stereocenters. The van der Waals surface area contributed by atoms with Gasteiger partial charge in [0.25, 0.3) is 5.91 Å². The molecular weight excluding hydrogens is 328 g/mol. The molecule has 2 atom stereocenters. The zero-order valence-corrected chi connectivity index (χ0v) is 14.3. The fourth-order valence-corrected chi connectivity index (χ4v) is 3.83. The molecule has 1 saturated carbocycles. The van der Waals surface area contributed by atoms with Gasteiger partial charge in [0.15, 0.2) is 0 Å².